The van der Waals surface area contributed by atoms with Crippen LogP contribution in [-0.2, 0) is 0 Å². The molecule has 2 aromatic rings. The number of nitro benzene ring substituents is 1. The van der Waals surface area contributed by atoms with E-state index in [0.717, 1.165) is 28.7 Å². The van der Waals surface area contributed by atoms with Gasteiger partial charge in [0, 0.05) is 23.6 Å². The summed E-state index contributed by atoms with van der Waals surface area (Å²) in [5.41, 5.74) is 3.00. The molecule has 1 aliphatic rings. The highest BCUT2D eigenvalue weighted by Gasteiger charge is 2.32. The van der Waals surface area contributed by atoms with Crippen LogP contribution in [0.3, 0.4) is 0 Å². The lowest BCUT2D eigenvalue weighted by Crippen LogP contribution is -2.31. The van der Waals surface area contributed by atoms with Crippen molar-refractivity contribution in [3.63, 3.8) is 0 Å². The topological polar surface area (TPSA) is 80.4 Å². The number of aliphatic hydroxyl groups is 1. The summed E-state index contributed by atoms with van der Waals surface area (Å²) in [6.45, 7) is 4.96. The quantitative estimate of drug-likeness (QED) is 0.522. The average molecular weight is 325 g/mol. The zero-order valence-electron chi connectivity index (χ0n) is 13.9. The smallest absolute Gasteiger partial charge is 0.269 e. The zero-order chi connectivity index (χ0) is 17.6. The van der Waals surface area contributed by atoms with Crippen molar-refractivity contribution in [1.82, 2.24) is 0 Å². The summed E-state index contributed by atoms with van der Waals surface area (Å²) < 4.78 is 0. The van der Waals surface area contributed by atoms with Crippen LogP contribution in [0.2, 0.25) is 0 Å². The molecule has 0 aliphatic heterocycles. The van der Waals surface area contributed by atoms with Gasteiger partial charge in [0.05, 0.1) is 4.92 Å². The molecule has 5 nitrogen and oxygen atoms in total. The monoisotopic (exact) mass is 325 g/mol. The molecule has 3 rings (SSSR count). The molecule has 0 bridgehead atoms. The predicted octanol–water partition coefficient (Wildman–Crippen LogP) is 4.07. The first kappa shape index (κ1) is 16.3. The maximum Gasteiger partial charge on any atom is 0.269 e. The second-order valence-electron chi connectivity index (χ2n) is 6.68. The molecule has 0 aromatic heterocycles. The van der Waals surface area contributed by atoms with E-state index < -0.39 is 5.60 Å². The Hall–Kier alpha value is -2.53. The van der Waals surface area contributed by atoms with Crippen LogP contribution in [0.25, 0.3) is 11.1 Å². The summed E-state index contributed by atoms with van der Waals surface area (Å²) >= 11 is 0. The number of hydrogen-bond acceptors (Lipinski definition) is 4. The molecule has 1 N–H and O–H groups in total. The summed E-state index contributed by atoms with van der Waals surface area (Å²) in [6, 6.07) is 10.3. The van der Waals surface area contributed by atoms with Gasteiger partial charge < -0.3 is 5.11 Å². The number of hydrogen-bond donors (Lipinski definition) is 1. The van der Waals surface area contributed by atoms with Gasteiger partial charge in [-0.3, -0.25) is 14.9 Å². The van der Waals surface area contributed by atoms with Crippen LogP contribution in [0.1, 0.15) is 54.6 Å². The third kappa shape index (κ3) is 2.51. The molecular formula is C19H19NO4. The third-order valence-electron chi connectivity index (χ3n) is 4.56. The van der Waals surface area contributed by atoms with Gasteiger partial charge >= 0.3 is 0 Å². The van der Waals surface area contributed by atoms with Crippen molar-refractivity contribution in [1.29, 1.82) is 0 Å². The third-order valence-corrected chi connectivity index (χ3v) is 4.56. The predicted molar refractivity (Wildman–Crippen MR) is 91.3 cm³/mol. The molecule has 24 heavy (non-hydrogen) atoms. The summed E-state index contributed by atoms with van der Waals surface area (Å²) in [5.74, 6) is -0.313. The van der Waals surface area contributed by atoms with E-state index in [1.165, 1.54) is 19.9 Å². The number of carbonyl (C=O) groups is 1. The van der Waals surface area contributed by atoms with Gasteiger partial charge in [-0.2, -0.15) is 0 Å². The fraction of sp³-hybridized carbons (Fsp3) is 0.316. The lowest BCUT2D eigenvalue weighted by Gasteiger charge is -2.17. The number of nitro groups is 1. The number of fused-ring (bicyclic) bond motifs is 3. The minimum absolute atomic E-state index is 0.0180. The van der Waals surface area contributed by atoms with Gasteiger partial charge in [0.15, 0.2) is 5.78 Å². The van der Waals surface area contributed by atoms with Gasteiger partial charge in [0.2, 0.25) is 0 Å². The number of ketones is 1. The second-order valence-corrected chi connectivity index (χ2v) is 6.68. The van der Waals surface area contributed by atoms with Crippen molar-refractivity contribution in [2.75, 3.05) is 0 Å². The number of carbonyl (C=O) groups excluding carboxylic acids is 1. The Bertz CT molecular complexity index is 849. The molecule has 0 saturated carbocycles. The van der Waals surface area contributed by atoms with E-state index in [-0.39, 0.29) is 22.3 Å². The summed E-state index contributed by atoms with van der Waals surface area (Å²) in [6.07, 6.45) is 0.779. The van der Waals surface area contributed by atoms with Gasteiger partial charge in [-0.15, -0.1) is 0 Å². The summed E-state index contributed by atoms with van der Waals surface area (Å²) in [4.78, 5) is 23.0. The highest BCUT2D eigenvalue weighted by Crippen LogP contribution is 2.47. The lowest BCUT2D eigenvalue weighted by molar-refractivity contribution is -0.384. The van der Waals surface area contributed by atoms with Crippen LogP contribution in [0, 0.1) is 10.1 Å². The van der Waals surface area contributed by atoms with Crippen LogP contribution in [0.5, 0.6) is 0 Å². The van der Waals surface area contributed by atoms with Crippen LogP contribution in [0.15, 0.2) is 36.4 Å². The Morgan fingerprint density at radius 2 is 1.75 bits per heavy atom. The summed E-state index contributed by atoms with van der Waals surface area (Å²) in [5, 5.41) is 21.0. The molecule has 0 amide bonds. The first-order chi connectivity index (χ1) is 11.2. The van der Waals surface area contributed by atoms with Gasteiger partial charge in [0.1, 0.15) is 5.60 Å². The molecule has 0 fully saturated rings. The summed E-state index contributed by atoms with van der Waals surface area (Å²) in [7, 11) is 0. The van der Waals surface area contributed by atoms with Gasteiger partial charge in [-0.25, -0.2) is 0 Å². The van der Waals surface area contributed by atoms with E-state index in [4.69, 9.17) is 0 Å². The minimum Gasteiger partial charge on any atom is -0.382 e. The Balaban J connectivity index is 2.13. The van der Waals surface area contributed by atoms with Crippen molar-refractivity contribution in [2.24, 2.45) is 0 Å². The normalized spacial score (nSPS) is 15.8. The number of benzene rings is 2. The van der Waals surface area contributed by atoms with Crippen molar-refractivity contribution < 1.29 is 14.8 Å². The van der Waals surface area contributed by atoms with Crippen molar-refractivity contribution in [2.45, 2.75) is 38.7 Å². The molecule has 0 spiro atoms. The molecule has 0 radical (unpaired) electrons. The molecule has 5 heteroatoms. The molecule has 1 unspecified atom stereocenters. The fourth-order valence-corrected chi connectivity index (χ4v) is 3.40. The largest absolute Gasteiger partial charge is 0.382 e. The van der Waals surface area contributed by atoms with Crippen molar-refractivity contribution in [3.05, 3.63) is 63.2 Å². The molecular weight excluding hydrogens is 306 g/mol. The van der Waals surface area contributed by atoms with Crippen molar-refractivity contribution in [3.8, 4) is 11.1 Å². The van der Waals surface area contributed by atoms with Gasteiger partial charge in [0.25, 0.3) is 5.69 Å². The highest BCUT2D eigenvalue weighted by atomic mass is 16.6. The number of nitrogens with zero attached hydrogens (tertiary/aromatic N) is 1. The van der Waals surface area contributed by atoms with E-state index in [9.17, 15) is 20.0 Å². The number of Topliss-reactive ketones (excluding diaryl/α,β-unsaturated/α-hetero) is 1. The Labute approximate surface area is 140 Å². The molecule has 0 heterocycles. The van der Waals surface area contributed by atoms with E-state index in [0.29, 0.717) is 5.56 Å². The Morgan fingerprint density at radius 1 is 1.17 bits per heavy atom. The van der Waals surface area contributed by atoms with E-state index in [1.807, 2.05) is 19.1 Å². The average Bonchev–Trinajstić information content (AvgIpc) is 2.85. The van der Waals surface area contributed by atoms with E-state index in [1.54, 1.807) is 18.2 Å². The maximum absolute atomic E-state index is 12.3. The Morgan fingerprint density at radius 3 is 2.29 bits per heavy atom. The number of rotatable bonds is 4. The minimum atomic E-state index is -1.43. The molecule has 124 valence electrons. The first-order valence-corrected chi connectivity index (χ1v) is 7.94. The second kappa shape index (κ2) is 5.53. The van der Waals surface area contributed by atoms with Crippen LogP contribution in [0.4, 0.5) is 5.69 Å². The molecule has 2 aromatic carbocycles. The van der Waals surface area contributed by atoms with E-state index >= 15 is 0 Å². The zero-order valence-corrected chi connectivity index (χ0v) is 13.9. The fourth-order valence-electron chi connectivity index (χ4n) is 3.40. The van der Waals surface area contributed by atoms with Crippen LogP contribution in [-0.4, -0.2) is 21.4 Å². The highest BCUT2D eigenvalue weighted by molar-refractivity contribution is 6.02. The molecule has 0 saturated heterocycles. The SMILES string of the molecule is CCC1c2cc(C(=O)C(C)(C)O)ccc2-c2ccc([N+](=O)[O-])cc21. The maximum atomic E-state index is 12.3. The van der Waals surface area contributed by atoms with Gasteiger partial charge in [-0.1, -0.05) is 19.1 Å². The lowest BCUT2D eigenvalue weighted by atomic mass is 9.90. The first-order valence-electron chi connectivity index (χ1n) is 7.94. The van der Waals surface area contributed by atoms with Crippen LogP contribution >= 0.6 is 0 Å². The molecule has 1 atom stereocenters. The standard InChI is InChI=1S/C19H19NO4/c1-4-13-16-9-11(18(21)19(2,3)22)5-7-14(16)15-8-6-12(20(23)24)10-17(13)15/h5-10,13,22H,4H2,1-3H3. The van der Waals surface area contributed by atoms with E-state index in [2.05, 4.69) is 0 Å². The Kier molecular flexibility index (Phi) is 3.76. The van der Waals surface area contributed by atoms with Crippen molar-refractivity contribution >= 4 is 11.5 Å². The van der Waals surface area contributed by atoms with Crippen LogP contribution < -0.4 is 0 Å². The number of non-ortho nitro benzene ring substituents is 1. The molecule has 1 aliphatic carbocycles. The van der Waals surface area contributed by atoms with Gasteiger partial charge in [-0.05, 0) is 54.7 Å².